The van der Waals surface area contributed by atoms with Gasteiger partial charge in [0, 0.05) is 53.4 Å². The summed E-state index contributed by atoms with van der Waals surface area (Å²) < 4.78 is 16.6. The Bertz CT molecular complexity index is 1530. The molecule has 0 atom stereocenters. The van der Waals surface area contributed by atoms with Crippen molar-refractivity contribution in [1.29, 1.82) is 0 Å². The van der Waals surface area contributed by atoms with Crippen LogP contribution in [0.3, 0.4) is 0 Å². The highest BCUT2D eigenvalue weighted by Crippen LogP contribution is 2.45. The Labute approximate surface area is 243 Å². The Morgan fingerprint density at radius 3 is 2.33 bits per heavy atom. The number of carbonyl (C=O) groups excluding carboxylic acids is 1. The fourth-order valence-electron chi connectivity index (χ4n) is 4.03. The molecule has 40 heavy (non-hydrogen) atoms. The zero-order chi connectivity index (χ0) is 28.8. The van der Waals surface area contributed by atoms with Crippen LogP contribution >= 0.6 is 23.2 Å². The molecule has 0 saturated carbocycles. The molecule has 0 fully saturated rings. The molecule has 0 aliphatic heterocycles. The van der Waals surface area contributed by atoms with E-state index in [1.807, 2.05) is 49.3 Å². The van der Waals surface area contributed by atoms with Gasteiger partial charge in [-0.2, -0.15) is 0 Å². The van der Waals surface area contributed by atoms with E-state index in [0.717, 1.165) is 28.6 Å². The molecular formula is C30H30Cl2N4O4. The van der Waals surface area contributed by atoms with Gasteiger partial charge in [0.25, 0.3) is 0 Å². The number of hydrogen-bond acceptors (Lipinski definition) is 8. The average molecular weight is 582 g/mol. The third kappa shape index (κ3) is 6.65. The Kier molecular flexibility index (Phi) is 9.47. The maximum atomic E-state index is 12.2. The van der Waals surface area contributed by atoms with Crippen molar-refractivity contribution in [2.45, 2.75) is 6.42 Å². The summed E-state index contributed by atoms with van der Waals surface area (Å²) in [5.41, 5.74) is 2.58. The molecule has 0 aliphatic carbocycles. The van der Waals surface area contributed by atoms with E-state index in [1.54, 1.807) is 18.5 Å². The molecule has 1 N–H and O–H groups in total. The lowest BCUT2D eigenvalue weighted by Gasteiger charge is -2.16. The Morgan fingerprint density at radius 2 is 1.68 bits per heavy atom. The lowest BCUT2D eigenvalue weighted by Crippen LogP contribution is -2.19. The molecule has 208 valence electrons. The smallest absolute Gasteiger partial charge is 0.159 e. The number of anilines is 2. The van der Waals surface area contributed by atoms with Crippen LogP contribution in [0.25, 0.3) is 22.0 Å². The first kappa shape index (κ1) is 29.1. The number of nitrogens with zero attached hydrogens (tertiary/aromatic N) is 3. The quantitative estimate of drug-likeness (QED) is 0.187. The van der Waals surface area contributed by atoms with Gasteiger partial charge < -0.3 is 24.4 Å². The molecule has 0 saturated heterocycles. The maximum absolute atomic E-state index is 12.2. The van der Waals surface area contributed by atoms with Gasteiger partial charge in [-0.15, -0.1) is 0 Å². The van der Waals surface area contributed by atoms with Crippen LogP contribution in [0, 0.1) is 0 Å². The van der Waals surface area contributed by atoms with Crippen molar-refractivity contribution in [2.24, 2.45) is 0 Å². The zero-order valence-corrected chi connectivity index (χ0v) is 24.3. The number of carbonyl (C=O) groups is 1. The van der Waals surface area contributed by atoms with E-state index in [4.69, 9.17) is 37.4 Å². The first-order chi connectivity index (χ1) is 19.2. The van der Waals surface area contributed by atoms with Crippen molar-refractivity contribution >= 4 is 51.3 Å². The molecule has 2 heterocycles. The minimum atomic E-state index is -0.0943. The van der Waals surface area contributed by atoms with E-state index < -0.39 is 0 Å². The van der Waals surface area contributed by atoms with Crippen LogP contribution in [-0.2, 0) is 11.2 Å². The summed E-state index contributed by atoms with van der Waals surface area (Å²) in [6, 6.07) is 11.0. The van der Waals surface area contributed by atoms with Crippen molar-refractivity contribution in [2.75, 3.05) is 46.8 Å². The lowest BCUT2D eigenvalue weighted by molar-refractivity contribution is -0.114. The summed E-state index contributed by atoms with van der Waals surface area (Å²) in [6.07, 6.45) is 4.95. The van der Waals surface area contributed by atoms with Crippen LogP contribution in [0.2, 0.25) is 10.0 Å². The van der Waals surface area contributed by atoms with E-state index in [0.29, 0.717) is 51.0 Å². The van der Waals surface area contributed by atoms with Gasteiger partial charge in [0.1, 0.15) is 29.7 Å². The van der Waals surface area contributed by atoms with Gasteiger partial charge in [0.15, 0.2) is 5.78 Å². The van der Waals surface area contributed by atoms with Crippen molar-refractivity contribution in [3.8, 4) is 28.5 Å². The average Bonchev–Trinajstić information content (AvgIpc) is 2.94. The fraction of sp³-hybridized carbons (Fsp3) is 0.233. The summed E-state index contributed by atoms with van der Waals surface area (Å²) in [5.74, 6) is 2.04. The Morgan fingerprint density at radius 1 is 1.00 bits per heavy atom. The van der Waals surface area contributed by atoms with E-state index in [1.165, 1.54) is 20.3 Å². The van der Waals surface area contributed by atoms with Crippen molar-refractivity contribution in [3.63, 3.8) is 0 Å². The topological polar surface area (TPSA) is 85.8 Å². The molecule has 0 aliphatic rings. The molecule has 8 nitrogen and oxygen atoms in total. The van der Waals surface area contributed by atoms with Crippen LogP contribution < -0.4 is 19.5 Å². The number of ether oxygens (including phenoxy) is 3. The predicted molar refractivity (Wildman–Crippen MR) is 161 cm³/mol. The highest BCUT2D eigenvalue weighted by Gasteiger charge is 2.20. The zero-order valence-electron chi connectivity index (χ0n) is 22.8. The van der Waals surface area contributed by atoms with E-state index in [-0.39, 0.29) is 12.2 Å². The second-order valence-electron chi connectivity index (χ2n) is 9.21. The summed E-state index contributed by atoms with van der Waals surface area (Å²) in [7, 11) is 7.01. The van der Waals surface area contributed by atoms with Gasteiger partial charge in [-0.1, -0.05) is 29.8 Å². The molecule has 0 radical (unpaired) electrons. The van der Waals surface area contributed by atoms with Crippen LogP contribution in [0.4, 0.5) is 11.5 Å². The van der Waals surface area contributed by atoms with E-state index in [2.05, 4.69) is 21.9 Å². The molecule has 4 aromatic rings. The predicted octanol–water partition coefficient (Wildman–Crippen LogP) is 6.60. The van der Waals surface area contributed by atoms with Crippen LogP contribution in [-0.4, -0.2) is 62.1 Å². The van der Waals surface area contributed by atoms with Crippen molar-refractivity contribution in [3.05, 3.63) is 77.1 Å². The number of hydrogen-bond donors (Lipinski definition) is 1. The number of rotatable bonds is 12. The van der Waals surface area contributed by atoms with Crippen LogP contribution in [0.5, 0.6) is 17.2 Å². The first-order valence-electron chi connectivity index (χ1n) is 12.4. The minimum absolute atomic E-state index is 0.0943. The second kappa shape index (κ2) is 13.0. The van der Waals surface area contributed by atoms with Crippen LogP contribution in [0.1, 0.15) is 5.56 Å². The third-order valence-corrected chi connectivity index (χ3v) is 6.92. The minimum Gasteiger partial charge on any atom is -0.495 e. The standard InChI is InChI=1S/C30H30Cl2N4O4/c1-6-21(37)11-18-12-22(40-10-9-36(2)3)7-8-23(18)35-27-14-20-16-33-24(13-19(20)17-34-27)28-29(31)25(38-4)15-26(39-5)30(28)32/h6-8,12-17H,1,9-11H2,2-5H3,(H,34,35). The Hall–Kier alpha value is -3.85. The van der Waals surface area contributed by atoms with Gasteiger partial charge in [-0.05, 0) is 56.1 Å². The van der Waals surface area contributed by atoms with Crippen LogP contribution in [0.15, 0.2) is 61.4 Å². The SMILES string of the molecule is C=CC(=O)Cc1cc(OCCN(C)C)ccc1Nc1cc2cnc(-c3c(Cl)c(OC)cc(OC)c3Cl)cc2cn1. The number of likely N-dealkylation sites (N-methyl/N-ethyl adjacent to an activating group) is 1. The fourth-order valence-corrected chi connectivity index (χ4v) is 4.72. The van der Waals surface area contributed by atoms with Crippen molar-refractivity contribution in [1.82, 2.24) is 14.9 Å². The number of ketones is 1. The number of aromatic nitrogens is 2. The van der Waals surface area contributed by atoms with Crippen molar-refractivity contribution < 1.29 is 19.0 Å². The highest BCUT2D eigenvalue weighted by molar-refractivity contribution is 6.41. The second-order valence-corrected chi connectivity index (χ2v) is 9.97. The Balaban J connectivity index is 1.64. The summed E-state index contributed by atoms with van der Waals surface area (Å²) in [5, 5.41) is 5.67. The molecule has 2 aromatic carbocycles. The summed E-state index contributed by atoms with van der Waals surface area (Å²) in [6.45, 7) is 4.91. The van der Waals surface area contributed by atoms with E-state index >= 15 is 0 Å². The summed E-state index contributed by atoms with van der Waals surface area (Å²) >= 11 is 13.2. The molecule has 0 spiro atoms. The number of pyridine rings is 2. The molecule has 10 heteroatoms. The molecular weight excluding hydrogens is 551 g/mol. The van der Waals surface area contributed by atoms with Gasteiger partial charge in [-0.3, -0.25) is 9.78 Å². The number of benzene rings is 2. The van der Waals surface area contributed by atoms with Gasteiger partial charge in [-0.25, -0.2) is 4.98 Å². The number of allylic oxidation sites excluding steroid dienone is 1. The molecule has 0 bridgehead atoms. The molecule has 0 unspecified atom stereocenters. The third-order valence-electron chi connectivity index (χ3n) is 6.17. The summed E-state index contributed by atoms with van der Waals surface area (Å²) in [4.78, 5) is 23.4. The molecule has 2 aromatic heterocycles. The van der Waals surface area contributed by atoms with Gasteiger partial charge in [0.05, 0.1) is 30.0 Å². The monoisotopic (exact) mass is 580 g/mol. The van der Waals surface area contributed by atoms with Gasteiger partial charge >= 0.3 is 0 Å². The maximum Gasteiger partial charge on any atom is 0.159 e. The first-order valence-corrected chi connectivity index (χ1v) is 13.2. The lowest BCUT2D eigenvalue weighted by atomic mass is 10.1. The largest absolute Gasteiger partial charge is 0.495 e. The van der Waals surface area contributed by atoms with Gasteiger partial charge in [0.2, 0.25) is 0 Å². The molecule has 4 rings (SSSR count). The number of nitrogens with one attached hydrogen (secondary N) is 1. The molecule has 0 amide bonds. The van der Waals surface area contributed by atoms with E-state index in [9.17, 15) is 4.79 Å². The number of fused-ring (bicyclic) bond motifs is 1. The number of methoxy groups -OCH3 is 2. The highest BCUT2D eigenvalue weighted by atomic mass is 35.5. The normalized spacial score (nSPS) is 11.0. The number of halogens is 2.